The molecule has 22 heavy (non-hydrogen) atoms. The van der Waals surface area contributed by atoms with Crippen LogP contribution in [0.25, 0.3) is 0 Å². The van der Waals surface area contributed by atoms with Crippen LogP contribution < -0.4 is 0 Å². The van der Waals surface area contributed by atoms with Gasteiger partial charge >= 0.3 is 0 Å². The van der Waals surface area contributed by atoms with Gasteiger partial charge < -0.3 is 9.80 Å². The van der Waals surface area contributed by atoms with E-state index in [9.17, 15) is 4.79 Å². The third kappa shape index (κ3) is 5.71. The first-order chi connectivity index (χ1) is 10.5. The third-order valence-corrected chi connectivity index (χ3v) is 3.38. The highest BCUT2D eigenvalue weighted by Crippen LogP contribution is 2.11. The number of nitrogens with zero attached hydrogens (tertiary/aromatic N) is 3. The maximum Gasteiger partial charge on any atom is 0.249 e. The summed E-state index contributed by atoms with van der Waals surface area (Å²) in [5.74, 6) is 0.0612. The van der Waals surface area contributed by atoms with Crippen molar-refractivity contribution in [2.75, 3.05) is 27.2 Å². The smallest absolute Gasteiger partial charge is 0.249 e. The zero-order valence-corrected chi connectivity index (χ0v) is 14.0. The summed E-state index contributed by atoms with van der Waals surface area (Å²) in [5, 5.41) is 8.99. The molecule has 0 aliphatic carbocycles. The Bertz CT molecular complexity index is 570. The molecule has 0 spiro atoms. The number of benzene rings is 1. The predicted molar refractivity (Wildman–Crippen MR) is 89.2 cm³/mol. The maximum absolute atomic E-state index is 12.6. The van der Waals surface area contributed by atoms with E-state index in [0.717, 1.165) is 24.1 Å². The molecule has 1 aromatic rings. The minimum Gasteiger partial charge on any atom is -0.333 e. The summed E-state index contributed by atoms with van der Waals surface area (Å²) in [6.45, 7) is 5.88. The molecule has 0 saturated carbocycles. The van der Waals surface area contributed by atoms with Gasteiger partial charge in [-0.15, -0.1) is 0 Å². The lowest BCUT2D eigenvalue weighted by Gasteiger charge is -2.25. The SMILES string of the molecule is CC/C=C(/C)C(=O)N(CCN(C)C)Cc1cccc(C#N)c1. The second-order valence-corrected chi connectivity index (χ2v) is 5.64. The number of likely N-dealkylation sites (N-methyl/N-ethyl adjacent to an activating group) is 1. The van der Waals surface area contributed by atoms with E-state index >= 15 is 0 Å². The Kier molecular flexibility index (Phi) is 7.34. The van der Waals surface area contributed by atoms with Crippen molar-refractivity contribution in [3.63, 3.8) is 0 Å². The number of allylic oxidation sites excluding steroid dienone is 1. The van der Waals surface area contributed by atoms with Gasteiger partial charge in [-0.25, -0.2) is 0 Å². The highest BCUT2D eigenvalue weighted by molar-refractivity contribution is 5.92. The van der Waals surface area contributed by atoms with Gasteiger partial charge in [0, 0.05) is 25.2 Å². The monoisotopic (exact) mass is 299 g/mol. The Morgan fingerprint density at radius 3 is 2.64 bits per heavy atom. The van der Waals surface area contributed by atoms with Crippen molar-refractivity contribution in [3.05, 3.63) is 47.0 Å². The van der Waals surface area contributed by atoms with Crippen LogP contribution in [0, 0.1) is 11.3 Å². The van der Waals surface area contributed by atoms with Gasteiger partial charge in [-0.1, -0.05) is 25.1 Å². The molecular formula is C18H25N3O. The largest absolute Gasteiger partial charge is 0.333 e. The fourth-order valence-corrected chi connectivity index (χ4v) is 2.18. The lowest BCUT2D eigenvalue weighted by Crippen LogP contribution is -2.36. The van der Waals surface area contributed by atoms with Crippen LogP contribution in [0.2, 0.25) is 0 Å². The van der Waals surface area contributed by atoms with E-state index in [4.69, 9.17) is 5.26 Å². The zero-order chi connectivity index (χ0) is 16.5. The van der Waals surface area contributed by atoms with Gasteiger partial charge in [0.05, 0.1) is 11.6 Å². The predicted octanol–water partition coefficient (Wildman–Crippen LogP) is 2.80. The first-order valence-electron chi connectivity index (χ1n) is 7.57. The summed E-state index contributed by atoms with van der Waals surface area (Å²) in [6, 6.07) is 9.57. The topological polar surface area (TPSA) is 47.3 Å². The van der Waals surface area contributed by atoms with Gasteiger partial charge in [0.15, 0.2) is 0 Å². The minimum absolute atomic E-state index is 0.0612. The Labute approximate surface area is 133 Å². The van der Waals surface area contributed by atoms with E-state index in [2.05, 4.69) is 11.0 Å². The molecule has 0 saturated heterocycles. The van der Waals surface area contributed by atoms with Gasteiger partial charge in [-0.05, 0) is 45.1 Å². The molecule has 4 nitrogen and oxygen atoms in total. The number of hydrogen-bond acceptors (Lipinski definition) is 3. The van der Waals surface area contributed by atoms with Crippen LogP contribution >= 0.6 is 0 Å². The highest BCUT2D eigenvalue weighted by Gasteiger charge is 2.15. The zero-order valence-electron chi connectivity index (χ0n) is 14.0. The molecule has 0 N–H and O–H groups in total. The fraction of sp³-hybridized carbons (Fsp3) is 0.444. The third-order valence-electron chi connectivity index (χ3n) is 3.38. The Morgan fingerprint density at radius 2 is 2.05 bits per heavy atom. The van der Waals surface area contributed by atoms with Crippen molar-refractivity contribution in [2.45, 2.75) is 26.8 Å². The van der Waals surface area contributed by atoms with Crippen molar-refractivity contribution < 1.29 is 4.79 Å². The van der Waals surface area contributed by atoms with Gasteiger partial charge in [-0.3, -0.25) is 4.79 Å². The fourth-order valence-electron chi connectivity index (χ4n) is 2.18. The maximum atomic E-state index is 12.6. The highest BCUT2D eigenvalue weighted by atomic mass is 16.2. The molecule has 0 bridgehead atoms. The van der Waals surface area contributed by atoms with Crippen LogP contribution in [0.15, 0.2) is 35.9 Å². The van der Waals surface area contributed by atoms with E-state index in [1.807, 2.05) is 57.1 Å². The molecule has 0 aliphatic rings. The minimum atomic E-state index is 0.0612. The molecular weight excluding hydrogens is 274 g/mol. The van der Waals surface area contributed by atoms with Crippen molar-refractivity contribution >= 4 is 5.91 Å². The van der Waals surface area contributed by atoms with Gasteiger partial charge in [0.25, 0.3) is 0 Å². The van der Waals surface area contributed by atoms with Crippen molar-refractivity contribution in [1.29, 1.82) is 5.26 Å². The number of carbonyl (C=O) groups excluding carboxylic acids is 1. The lowest BCUT2D eigenvalue weighted by atomic mass is 10.1. The van der Waals surface area contributed by atoms with E-state index in [0.29, 0.717) is 18.7 Å². The average molecular weight is 299 g/mol. The van der Waals surface area contributed by atoms with Gasteiger partial charge in [0.2, 0.25) is 5.91 Å². The Balaban J connectivity index is 2.92. The van der Waals surface area contributed by atoms with Gasteiger partial charge in [-0.2, -0.15) is 5.26 Å². The number of amides is 1. The molecule has 0 unspecified atom stereocenters. The lowest BCUT2D eigenvalue weighted by molar-refractivity contribution is -0.127. The number of rotatable bonds is 7. The first-order valence-corrected chi connectivity index (χ1v) is 7.57. The number of hydrogen-bond donors (Lipinski definition) is 0. The molecule has 4 heteroatoms. The summed E-state index contributed by atoms with van der Waals surface area (Å²) in [7, 11) is 3.99. The van der Waals surface area contributed by atoms with Crippen LogP contribution in [-0.2, 0) is 11.3 Å². The molecule has 0 atom stereocenters. The summed E-state index contributed by atoms with van der Waals surface area (Å²) in [4.78, 5) is 16.5. The molecule has 118 valence electrons. The number of nitriles is 1. The van der Waals surface area contributed by atoms with Crippen LogP contribution in [0.4, 0.5) is 0 Å². The van der Waals surface area contributed by atoms with Crippen molar-refractivity contribution in [1.82, 2.24) is 9.80 Å². The molecule has 1 rings (SSSR count). The molecule has 1 amide bonds. The summed E-state index contributed by atoms with van der Waals surface area (Å²) in [5.41, 5.74) is 2.38. The Morgan fingerprint density at radius 1 is 1.32 bits per heavy atom. The second-order valence-electron chi connectivity index (χ2n) is 5.64. The van der Waals surface area contributed by atoms with Crippen LogP contribution in [0.5, 0.6) is 0 Å². The van der Waals surface area contributed by atoms with Crippen LogP contribution in [0.1, 0.15) is 31.4 Å². The summed E-state index contributed by atoms with van der Waals surface area (Å²) >= 11 is 0. The van der Waals surface area contributed by atoms with Gasteiger partial charge in [0.1, 0.15) is 0 Å². The van der Waals surface area contributed by atoms with Crippen molar-refractivity contribution in [3.8, 4) is 6.07 Å². The normalized spacial score (nSPS) is 11.4. The quantitative estimate of drug-likeness (QED) is 0.727. The molecule has 0 aromatic heterocycles. The van der Waals surface area contributed by atoms with Crippen LogP contribution in [0.3, 0.4) is 0 Å². The van der Waals surface area contributed by atoms with Crippen molar-refractivity contribution in [2.24, 2.45) is 0 Å². The molecule has 1 aromatic carbocycles. The molecule has 0 heterocycles. The van der Waals surface area contributed by atoms with E-state index in [1.54, 1.807) is 6.07 Å². The van der Waals surface area contributed by atoms with E-state index < -0.39 is 0 Å². The molecule has 0 aliphatic heterocycles. The van der Waals surface area contributed by atoms with Crippen LogP contribution in [-0.4, -0.2) is 42.9 Å². The standard InChI is InChI=1S/C18H25N3O/c1-5-7-15(2)18(22)21(11-10-20(3)4)14-17-9-6-8-16(12-17)13-19/h6-9,12H,5,10-11,14H2,1-4H3/b15-7-. The number of carbonyl (C=O) groups is 1. The summed E-state index contributed by atoms with van der Waals surface area (Å²) in [6.07, 6.45) is 2.81. The second kappa shape index (κ2) is 9.01. The molecule has 0 radical (unpaired) electrons. The first kappa shape index (κ1) is 17.9. The summed E-state index contributed by atoms with van der Waals surface area (Å²) < 4.78 is 0. The average Bonchev–Trinajstić information content (AvgIpc) is 2.51. The molecule has 0 fully saturated rings. The van der Waals surface area contributed by atoms with E-state index in [-0.39, 0.29) is 5.91 Å². The Hall–Kier alpha value is -2.12. The van der Waals surface area contributed by atoms with E-state index in [1.165, 1.54) is 0 Å².